The van der Waals surface area contributed by atoms with Gasteiger partial charge in [0.1, 0.15) is 11.5 Å². The van der Waals surface area contributed by atoms with Gasteiger partial charge in [-0.15, -0.1) is 0 Å². The Morgan fingerprint density at radius 2 is 2.06 bits per heavy atom. The molecule has 4 aliphatic rings. The minimum atomic E-state index is -0.156. The molecule has 2 bridgehead atoms. The highest BCUT2D eigenvalue weighted by Gasteiger charge is 2.37. The van der Waals surface area contributed by atoms with E-state index in [0.29, 0.717) is 30.5 Å². The first-order valence-electron chi connectivity index (χ1n) is 11.2. The number of carbonyl (C=O) groups is 1. The predicted octanol–water partition coefficient (Wildman–Crippen LogP) is 0.108. The Morgan fingerprint density at radius 1 is 1.26 bits per heavy atom. The van der Waals surface area contributed by atoms with Crippen LogP contribution in [0.15, 0.2) is 29.3 Å². The average Bonchev–Trinajstić information content (AvgIpc) is 3.42. The summed E-state index contributed by atoms with van der Waals surface area (Å²) in [6.45, 7) is 7.47. The van der Waals surface area contributed by atoms with Crippen LogP contribution in [0, 0.1) is 0 Å². The molecule has 4 atom stereocenters. The van der Waals surface area contributed by atoms with Gasteiger partial charge < -0.3 is 19.9 Å². The van der Waals surface area contributed by atoms with Crippen molar-refractivity contribution < 1.29 is 9.53 Å². The molecule has 3 saturated heterocycles. The number of likely N-dealkylation sites (tertiary alicyclic amines) is 1. The number of aromatic nitrogens is 2. The van der Waals surface area contributed by atoms with Crippen molar-refractivity contribution in [2.24, 2.45) is 4.99 Å². The monoisotopic (exact) mass is 428 g/mol. The minimum absolute atomic E-state index is 0.0424. The maximum absolute atomic E-state index is 12.4. The van der Waals surface area contributed by atoms with Gasteiger partial charge in [-0.1, -0.05) is 0 Å². The normalized spacial score (nSPS) is 31.7. The zero-order valence-corrected chi connectivity index (χ0v) is 18.3. The number of rotatable bonds is 5. The lowest BCUT2D eigenvalue weighted by atomic mass is 10.2. The number of hydrogen-bond acceptors (Lipinski definition) is 8. The number of hydrazine groups is 1. The molecule has 10 heteroatoms. The van der Waals surface area contributed by atoms with Gasteiger partial charge >= 0.3 is 0 Å². The Balaban J connectivity index is 1.33. The van der Waals surface area contributed by atoms with E-state index in [1.807, 2.05) is 6.21 Å². The Labute approximate surface area is 182 Å². The van der Waals surface area contributed by atoms with E-state index in [-0.39, 0.29) is 11.9 Å². The molecular formula is C21H32N8O2. The van der Waals surface area contributed by atoms with Crippen LogP contribution in [0.3, 0.4) is 0 Å². The largest absolute Gasteiger partial charge is 0.371 e. The Kier molecular flexibility index (Phi) is 5.68. The van der Waals surface area contributed by atoms with Crippen molar-refractivity contribution in [1.82, 2.24) is 35.3 Å². The van der Waals surface area contributed by atoms with Crippen LogP contribution in [0.4, 0.5) is 0 Å². The molecule has 0 aromatic carbocycles. The second-order valence-electron chi connectivity index (χ2n) is 9.03. The number of nitrogens with one attached hydrogen (secondary N) is 2. The number of ether oxygens (including phenoxy) is 1. The maximum Gasteiger partial charge on any atom is 0.269 e. The van der Waals surface area contributed by atoms with E-state index in [2.05, 4.69) is 55.5 Å². The summed E-state index contributed by atoms with van der Waals surface area (Å²) in [5.41, 5.74) is 0.465. The number of carbonyl (C=O) groups excluding carboxylic acids is 1. The fraction of sp³-hybridized carbons (Fsp3) is 0.667. The SMILES string of the molecule is C[C@@H]1CN(C)CCN1N1C=C(N2CC3CCC(C2)O3)N=CC1CNC(=O)c1ccn[nH]1. The van der Waals surface area contributed by atoms with Crippen molar-refractivity contribution >= 4 is 12.1 Å². The first kappa shape index (κ1) is 20.5. The Bertz CT molecular complexity index is 828. The zero-order valence-electron chi connectivity index (χ0n) is 18.3. The molecule has 3 unspecified atom stereocenters. The van der Waals surface area contributed by atoms with E-state index in [0.717, 1.165) is 51.4 Å². The lowest BCUT2D eigenvalue weighted by Gasteiger charge is -2.48. The van der Waals surface area contributed by atoms with Crippen LogP contribution in [0.5, 0.6) is 0 Å². The number of fused-ring (bicyclic) bond motifs is 2. The Morgan fingerprint density at radius 3 is 2.77 bits per heavy atom. The molecule has 0 aliphatic carbocycles. The summed E-state index contributed by atoms with van der Waals surface area (Å²) in [7, 11) is 2.17. The molecule has 2 N–H and O–H groups in total. The van der Waals surface area contributed by atoms with Crippen LogP contribution < -0.4 is 5.32 Å². The van der Waals surface area contributed by atoms with E-state index in [9.17, 15) is 4.79 Å². The third kappa shape index (κ3) is 4.32. The van der Waals surface area contributed by atoms with Gasteiger partial charge in [-0.05, 0) is 32.9 Å². The molecule has 3 fully saturated rings. The van der Waals surface area contributed by atoms with Crippen LogP contribution >= 0.6 is 0 Å². The van der Waals surface area contributed by atoms with Gasteiger partial charge in [0, 0.05) is 57.7 Å². The van der Waals surface area contributed by atoms with E-state index in [1.165, 1.54) is 0 Å². The molecule has 0 radical (unpaired) electrons. The van der Waals surface area contributed by atoms with Crippen LogP contribution in [-0.2, 0) is 4.74 Å². The van der Waals surface area contributed by atoms with Gasteiger partial charge in [0.15, 0.2) is 0 Å². The fourth-order valence-electron chi connectivity index (χ4n) is 5.00. The highest BCUT2D eigenvalue weighted by Crippen LogP contribution is 2.30. The van der Waals surface area contributed by atoms with Crippen molar-refractivity contribution in [3.63, 3.8) is 0 Å². The first-order chi connectivity index (χ1) is 15.1. The molecule has 31 heavy (non-hydrogen) atoms. The number of aliphatic imine (C=N–C) groups is 1. The second-order valence-corrected chi connectivity index (χ2v) is 9.03. The average molecular weight is 429 g/mol. The van der Waals surface area contributed by atoms with Crippen molar-refractivity contribution in [3.05, 3.63) is 30.0 Å². The highest BCUT2D eigenvalue weighted by molar-refractivity contribution is 5.92. The van der Waals surface area contributed by atoms with Crippen LogP contribution in [0.1, 0.15) is 30.3 Å². The summed E-state index contributed by atoms with van der Waals surface area (Å²) in [6, 6.07) is 2.00. The Hall–Kier alpha value is -2.43. The molecule has 10 nitrogen and oxygen atoms in total. The maximum atomic E-state index is 12.4. The van der Waals surface area contributed by atoms with E-state index >= 15 is 0 Å². The highest BCUT2D eigenvalue weighted by atomic mass is 16.5. The summed E-state index contributed by atoms with van der Waals surface area (Å²) in [4.78, 5) is 22.0. The van der Waals surface area contributed by atoms with Crippen molar-refractivity contribution in [2.75, 3.05) is 46.3 Å². The number of aromatic amines is 1. The lowest BCUT2D eigenvalue weighted by molar-refractivity contribution is -0.0691. The van der Waals surface area contributed by atoms with E-state index in [4.69, 9.17) is 9.73 Å². The molecule has 1 amide bonds. The van der Waals surface area contributed by atoms with Gasteiger partial charge in [-0.3, -0.25) is 14.9 Å². The third-order valence-electron chi connectivity index (χ3n) is 6.64. The number of hydrogen-bond donors (Lipinski definition) is 2. The minimum Gasteiger partial charge on any atom is -0.371 e. The second kappa shape index (κ2) is 8.60. The molecule has 5 rings (SSSR count). The summed E-state index contributed by atoms with van der Waals surface area (Å²) in [5, 5.41) is 14.3. The van der Waals surface area contributed by atoms with Crippen LogP contribution in [-0.4, -0.2) is 113 Å². The first-order valence-corrected chi connectivity index (χ1v) is 11.2. The summed E-state index contributed by atoms with van der Waals surface area (Å²) in [6.07, 6.45) is 8.64. The topological polar surface area (TPSA) is 92.3 Å². The number of nitrogens with zero attached hydrogens (tertiary/aromatic N) is 6. The van der Waals surface area contributed by atoms with Crippen molar-refractivity contribution in [2.45, 2.75) is 44.1 Å². The third-order valence-corrected chi connectivity index (χ3v) is 6.64. The number of H-pyrrole nitrogens is 1. The molecule has 0 saturated carbocycles. The number of amides is 1. The summed E-state index contributed by atoms with van der Waals surface area (Å²) >= 11 is 0. The van der Waals surface area contributed by atoms with Gasteiger partial charge in [0.05, 0.1) is 24.4 Å². The van der Waals surface area contributed by atoms with E-state index in [1.54, 1.807) is 12.3 Å². The van der Waals surface area contributed by atoms with Gasteiger partial charge in [-0.25, -0.2) is 10.0 Å². The molecule has 4 aliphatic heterocycles. The van der Waals surface area contributed by atoms with Crippen molar-refractivity contribution in [3.8, 4) is 0 Å². The van der Waals surface area contributed by atoms with Gasteiger partial charge in [0.2, 0.25) is 0 Å². The lowest BCUT2D eigenvalue weighted by Crippen LogP contribution is -2.61. The smallest absolute Gasteiger partial charge is 0.269 e. The van der Waals surface area contributed by atoms with E-state index < -0.39 is 0 Å². The van der Waals surface area contributed by atoms with Crippen LogP contribution in [0.25, 0.3) is 0 Å². The fourth-order valence-corrected chi connectivity index (χ4v) is 5.00. The molecule has 1 aromatic heterocycles. The van der Waals surface area contributed by atoms with Gasteiger partial charge in [-0.2, -0.15) is 5.10 Å². The number of likely N-dealkylation sites (N-methyl/N-ethyl adjacent to an activating group) is 1. The molecular weight excluding hydrogens is 396 g/mol. The molecule has 1 aromatic rings. The molecule has 0 spiro atoms. The van der Waals surface area contributed by atoms with Gasteiger partial charge in [0.25, 0.3) is 5.91 Å². The molecule has 5 heterocycles. The quantitative estimate of drug-likeness (QED) is 0.688. The predicted molar refractivity (Wildman–Crippen MR) is 116 cm³/mol. The van der Waals surface area contributed by atoms with Crippen LogP contribution in [0.2, 0.25) is 0 Å². The summed E-state index contributed by atoms with van der Waals surface area (Å²) < 4.78 is 6.01. The zero-order chi connectivity index (χ0) is 21.4. The molecule has 168 valence electrons. The standard InChI is InChI=1S/C21H32N8O2/c1-15-11-26(2)7-8-28(15)29-14-20(27-12-17-3-4-18(13-27)31-17)22-9-16(29)10-23-21(30)19-5-6-24-25-19/h5-6,9,14-18H,3-4,7-8,10-13H2,1-2H3,(H,23,30)(H,24,25)/t15-,16?,17?,18?/m1/s1. The summed E-state index contributed by atoms with van der Waals surface area (Å²) in [5.74, 6) is 0.833. The number of piperazine rings is 1. The number of morpholine rings is 1. The van der Waals surface area contributed by atoms with Crippen molar-refractivity contribution in [1.29, 1.82) is 0 Å².